The third kappa shape index (κ3) is 15.8. The van der Waals surface area contributed by atoms with E-state index in [1.54, 1.807) is 19.5 Å². The van der Waals surface area contributed by atoms with Crippen LogP contribution in [0.4, 0.5) is 17.1 Å². The number of morpholine rings is 3. The second-order valence-corrected chi connectivity index (χ2v) is 25.2. The minimum absolute atomic E-state index is 0.000951. The summed E-state index contributed by atoms with van der Waals surface area (Å²) in [5.74, 6) is 1.85. The normalized spacial score (nSPS) is 16.1. The second kappa shape index (κ2) is 31.3. The number of methoxy groups -OCH3 is 1. The minimum atomic E-state index is -0.287. The SMILES string of the molecule is C=C(N[C@@H](C)c1ccccc1Cl)c1ncc(C2=CCc3ncc(N4CCOCC4)cc32)cn1.C=C(N[C@@H](C)c1ccccc1OC)c1ncc(C2=CCc3ncc(N4CCOCC4)cc32)cn1.C[C@H](NC(=O)c1ncc(C2=CCc3ncc(N4CCOCC4)cc32)cn1)c1ccccc1. The zero-order valence-corrected chi connectivity index (χ0v) is 57.0. The number of pyridine rings is 3. The van der Waals surface area contributed by atoms with Gasteiger partial charge in [-0.25, -0.2) is 29.9 Å². The molecule has 21 heteroatoms. The molecule has 3 fully saturated rings. The fraction of sp³-hybridized carbons (Fsp3) is 0.282. The van der Waals surface area contributed by atoms with Crippen LogP contribution in [-0.4, -0.2) is 137 Å². The molecule has 3 aliphatic heterocycles. The Hall–Kier alpha value is -10.5. The first kappa shape index (κ1) is 67.1. The van der Waals surface area contributed by atoms with E-state index < -0.39 is 0 Å². The van der Waals surface area contributed by atoms with Gasteiger partial charge in [0, 0.05) is 140 Å². The van der Waals surface area contributed by atoms with Crippen LogP contribution in [0.3, 0.4) is 0 Å². The lowest BCUT2D eigenvalue weighted by Crippen LogP contribution is -2.36. The van der Waals surface area contributed by atoms with Gasteiger partial charge in [0.05, 0.1) is 129 Å². The van der Waals surface area contributed by atoms with Crippen LogP contribution >= 0.6 is 11.6 Å². The Morgan fingerprint density at radius 2 is 0.818 bits per heavy atom. The lowest BCUT2D eigenvalue weighted by Gasteiger charge is -2.29. The molecule has 99 heavy (non-hydrogen) atoms. The van der Waals surface area contributed by atoms with Gasteiger partial charge < -0.3 is 49.6 Å². The highest BCUT2D eigenvalue weighted by Crippen LogP contribution is 2.38. The summed E-state index contributed by atoms with van der Waals surface area (Å²) in [7, 11) is 1.68. The predicted octanol–water partition coefficient (Wildman–Crippen LogP) is 11.9. The summed E-state index contributed by atoms with van der Waals surface area (Å²) in [6.07, 6.45) is 25.7. The van der Waals surface area contributed by atoms with Gasteiger partial charge in [0.1, 0.15) is 5.75 Å². The molecule has 15 rings (SSSR count). The second-order valence-electron chi connectivity index (χ2n) is 24.8. The average molecular weight is 1340 g/mol. The first-order valence-electron chi connectivity index (χ1n) is 33.6. The Kier molecular flexibility index (Phi) is 21.2. The summed E-state index contributed by atoms with van der Waals surface area (Å²) in [6, 6.07) is 32.1. The fourth-order valence-corrected chi connectivity index (χ4v) is 13.2. The third-order valence-electron chi connectivity index (χ3n) is 18.4. The van der Waals surface area contributed by atoms with Crippen molar-refractivity contribution in [1.29, 1.82) is 0 Å². The Balaban J connectivity index is 0.000000133. The highest BCUT2D eigenvalue weighted by Gasteiger charge is 2.26. The van der Waals surface area contributed by atoms with Crippen molar-refractivity contribution in [3.05, 3.63) is 274 Å². The molecule has 6 aliphatic rings. The molecule has 9 aromatic rings. The summed E-state index contributed by atoms with van der Waals surface area (Å²) in [6.45, 7) is 24.1. The van der Waals surface area contributed by atoms with Crippen molar-refractivity contribution >= 4 is 62.7 Å². The lowest BCUT2D eigenvalue weighted by molar-refractivity contribution is 0.0929. The van der Waals surface area contributed by atoms with Crippen molar-refractivity contribution in [3.8, 4) is 5.75 Å². The van der Waals surface area contributed by atoms with Crippen LogP contribution in [0.2, 0.25) is 5.02 Å². The largest absolute Gasteiger partial charge is 0.496 e. The number of nitrogens with one attached hydrogen (secondary N) is 3. The van der Waals surface area contributed by atoms with Gasteiger partial charge >= 0.3 is 0 Å². The highest BCUT2D eigenvalue weighted by molar-refractivity contribution is 6.31. The number of anilines is 3. The molecule has 0 bridgehead atoms. The first-order chi connectivity index (χ1) is 48.4. The zero-order chi connectivity index (χ0) is 68.2. The number of rotatable bonds is 18. The number of amides is 1. The number of para-hydroxylation sites is 1. The van der Waals surface area contributed by atoms with Gasteiger partial charge in [-0.2, -0.15) is 0 Å². The summed E-state index contributed by atoms with van der Waals surface area (Å²) >= 11 is 6.32. The topological polar surface area (TPSA) is 216 Å². The van der Waals surface area contributed by atoms with E-state index in [4.69, 9.17) is 40.5 Å². The molecule has 20 nitrogen and oxygen atoms in total. The summed E-state index contributed by atoms with van der Waals surface area (Å²) in [5, 5.41) is 10.4. The summed E-state index contributed by atoms with van der Waals surface area (Å²) in [4.78, 5) is 60.7. The van der Waals surface area contributed by atoms with E-state index in [0.29, 0.717) is 23.0 Å². The van der Waals surface area contributed by atoms with E-state index in [1.807, 2.05) is 136 Å². The van der Waals surface area contributed by atoms with Gasteiger partial charge in [0.2, 0.25) is 5.82 Å². The summed E-state index contributed by atoms with van der Waals surface area (Å²) < 4.78 is 21.9. The number of carbonyl (C=O) groups excluding carboxylic acids is 1. The van der Waals surface area contributed by atoms with Crippen molar-refractivity contribution in [3.63, 3.8) is 0 Å². The van der Waals surface area contributed by atoms with Crippen LogP contribution in [0.5, 0.6) is 5.75 Å². The van der Waals surface area contributed by atoms with Crippen LogP contribution in [0, 0.1) is 0 Å². The average Bonchev–Trinajstić information content (AvgIpc) is 1.69. The van der Waals surface area contributed by atoms with E-state index in [-0.39, 0.29) is 29.9 Å². The van der Waals surface area contributed by atoms with Crippen molar-refractivity contribution in [2.24, 2.45) is 0 Å². The maximum atomic E-state index is 12.6. The molecule has 504 valence electrons. The predicted molar refractivity (Wildman–Crippen MR) is 388 cm³/mol. The number of fused-ring (bicyclic) bond motifs is 3. The number of ether oxygens (including phenoxy) is 4. The number of nitrogens with zero attached hydrogens (tertiary/aromatic N) is 12. The van der Waals surface area contributed by atoms with Gasteiger partial charge in [-0.1, -0.05) is 110 Å². The molecule has 3 aliphatic carbocycles. The van der Waals surface area contributed by atoms with Gasteiger partial charge in [0.15, 0.2) is 11.6 Å². The van der Waals surface area contributed by atoms with Crippen LogP contribution < -0.4 is 35.4 Å². The molecule has 0 unspecified atom stereocenters. The number of benzene rings is 3. The maximum absolute atomic E-state index is 12.6. The van der Waals surface area contributed by atoms with Gasteiger partial charge in [-0.05, 0) is 78.9 Å². The zero-order valence-electron chi connectivity index (χ0n) is 56.2. The van der Waals surface area contributed by atoms with E-state index in [1.165, 1.54) is 0 Å². The molecule has 6 aromatic heterocycles. The first-order valence-corrected chi connectivity index (χ1v) is 34.0. The molecule has 3 atom stereocenters. The Labute approximate surface area is 582 Å². The number of halogens is 1. The van der Waals surface area contributed by atoms with Gasteiger partial charge in [0.25, 0.3) is 5.91 Å². The van der Waals surface area contributed by atoms with Gasteiger partial charge in [-0.15, -0.1) is 0 Å². The Morgan fingerprint density at radius 3 is 1.22 bits per heavy atom. The lowest BCUT2D eigenvalue weighted by atomic mass is 10.0. The third-order valence-corrected chi connectivity index (χ3v) is 18.7. The van der Waals surface area contributed by atoms with Crippen molar-refractivity contribution in [2.75, 3.05) is 101 Å². The van der Waals surface area contributed by atoms with Crippen molar-refractivity contribution in [2.45, 2.75) is 58.2 Å². The smallest absolute Gasteiger partial charge is 0.289 e. The number of aromatic nitrogens is 9. The number of allylic oxidation sites excluding steroid dienone is 3. The van der Waals surface area contributed by atoms with E-state index in [2.05, 4.69) is 122 Å². The molecule has 3 saturated heterocycles. The Morgan fingerprint density at radius 1 is 0.455 bits per heavy atom. The molecular weight excluding hydrogens is 1260 g/mol. The van der Waals surface area contributed by atoms with Crippen LogP contribution in [-0.2, 0) is 33.5 Å². The van der Waals surface area contributed by atoms with Crippen molar-refractivity contribution in [1.82, 2.24) is 60.8 Å². The van der Waals surface area contributed by atoms with Crippen LogP contribution in [0.1, 0.15) is 128 Å². The minimum Gasteiger partial charge on any atom is -0.496 e. The number of hydrogen-bond donors (Lipinski definition) is 3. The fourth-order valence-electron chi connectivity index (χ4n) is 12.9. The van der Waals surface area contributed by atoms with E-state index in [0.717, 1.165) is 210 Å². The molecule has 3 N–H and O–H groups in total. The molecule has 0 spiro atoms. The Bertz CT molecular complexity index is 4460. The number of hydrogen-bond acceptors (Lipinski definition) is 19. The molecular formula is C78H80ClN15O5. The van der Waals surface area contributed by atoms with E-state index >= 15 is 0 Å². The van der Waals surface area contributed by atoms with Crippen LogP contribution in [0.15, 0.2) is 184 Å². The molecule has 0 radical (unpaired) electrons. The number of carbonyl (C=O) groups is 1. The standard InChI is InChI=1S/C27H29N5O2.C26H26ClN5O.C25H25N5O2/c1-18(22-6-4-5-7-26(22)33-3)31-19(2)27-29-15-20(16-30-27)23-8-9-25-24(23)14-21(17-28-25)32-10-12-34-13-11-32;1-17(21-5-3-4-6-24(21)27)31-18(2)26-29-14-19(15-30-26)22-7-8-25-23(22)13-20(16-28-25)32-9-11-33-12-10-32;1-17(18-5-3-2-4-6-18)29-25(31)24-27-14-19(15-28-24)21-7-8-23-22(21)13-20(16-26-23)30-9-11-32-12-10-30/h4-8,14-18,31H,2,9-13H2,1,3H3;3-7,13-17,31H,2,8-12H2,1H3;2-7,13-17H,8-12H2,1H3,(H,29,31)/t18-;2*17-/m000/s1. The molecule has 1 amide bonds. The van der Waals surface area contributed by atoms with Crippen LogP contribution in [0.25, 0.3) is 28.1 Å². The van der Waals surface area contributed by atoms with E-state index in [9.17, 15) is 4.79 Å². The van der Waals surface area contributed by atoms with Crippen molar-refractivity contribution < 1.29 is 23.7 Å². The van der Waals surface area contributed by atoms with Gasteiger partial charge in [-0.3, -0.25) is 19.7 Å². The molecule has 9 heterocycles. The maximum Gasteiger partial charge on any atom is 0.289 e. The highest BCUT2D eigenvalue weighted by atomic mass is 35.5. The monoisotopic (exact) mass is 1340 g/mol. The summed E-state index contributed by atoms with van der Waals surface area (Å²) in [5.41, 5.74) is 20.6. The quantitative estimate of drug-likeness (QED) is 0.0728. The molecule has 3 aromatic carbocycles. The molecule has 0 saturated carbocycles.